The van der Waals surface area contributed by atoms with Crippen molar-refractivity contribution in [2.45, 2.75) is 31.0 Å². The van der Waals surface area contributed by atoms with Gasteiger partial charge in [0.15, 0.2) is 0 Å². The fraction of sp³-hybridized carbons (Fsp3) is 0.733. The summed E-state index contributed by atoms with van der Waals surface area (Å²) in [6.07, 6.45) is -2.52. The van der Waals surface area contributed by atoms with E-state index < -0.39 is 52.4 Å². The molecule has 0 spiro atoms. The number of ether oxygens (including phenoxy) is 1. The van der Waals surface area contributed by atoms with E-state index in [0.29, 0.717) is 0 Å². The molecule has 0 unspecified atom stereocenters. The molecule has 20 heteroatoms. The Labute approximate surface area is 200 Å². The third kappa shape index (κ3) is 21.6. The maximum atomic E-state index is 11.5. The van der Waals surface area contributed by atoms with E-state index in [-0.39, 0.29) is 19.0 Å². The van der Waals surface area contributed by atoms with Crippen molar-refractivity contribution in [1.82, 2.24) is 9.55 Å². The number of hydrogen-bond acceptors (Lipinski definition) is 16. The fourth-order valence-electron chi connectivity index (χ4n) is 2.20. The van der Waals surface area contributed by atoms with Gasteiger partial charge in [0.1, 0.15) is 36.8 Å². The second kappa shape index (κ2) is 15.7. The molecular formula is C15H29N4O14P2-5. The predicted molar refractivity (Wildman–Crippen MR) is 106 cm³/mol. The first kappa shape index (κ1) is 35.8. The van der Waals surface area contributed by atoms with Crippen molar-refractivity contribution in [3.8, 4) is 0 Å². The smallest absolute Gasteiger partial charge is 0.349 e. The number of nitrogens with two attached hydrogens (primary N) is 1. The van der Waals surface area contributed by atoms with Gasteiger partial charge in [0.25, 0.3) is 0 Å². The highest BCUT2D eigenvalue weighted by Gasteiger charge is 2.42. The Bertz CT molecular complexity index is 847. The molecule has 35 heavy (non-hydrogen) atoms. The highest BCUT2D eigenvalue weighted by atomic mass is 31.2. The molecule has 0 radical (unpaired) electrons. The normalized spacial score (nSPS) is 22.1. The number of hydrogen-bond donors (Lipinski definition) is 5. The number of likely N-dealkylation sites (N-methyl/N-ethyl adjacent to an activating group) is 1. The first-order chi connectivity index (χ1) is 15.6. The van der Waals surface area contributed by atoms with Gasteiger partial charge in [-0.3, -0.25) is 4.57 Å². The van der Waals surface area contributed by atoms with Gasteiger partial charge in [-0.15, -0.1) is 0 Å². The second-order valence-corrected chi connectivity index (χ2v) is 9.58. The number of anilines is 1. The molecule has 2 heterocycles. The number of aliphatic hydroxyl groups excluding tert-OH is 4. The number of quaternary nitrogens is 1. The molecule has 4 atom stereocenters. The molecular weight excluding hydrogens is 522 g/mol. The molecule has 0 saturated carbocycles. The lowest BCUT2D eigenvalue weighted by molar-refractivity contribution is -0.870. The summed E-state index contributed by atoms with van der Waals surface area (Å²) in [5.74, 6) is 0.109. The number of aromatic nitrogens is 2. The SMILES string of the molecule is C[N+](C)(C)CCO.Nc1ccn(C[C@@H]2O[C@H](CO)[C@@H](O)[C@H]2O)c(=O)n1.O=P([O-])([O-])[O-].O=P([O-])([O-])[O-]. The van der Waals surface area contributed by atoms with Gasteiger partial charge in [-0.2, -0.15) is 20.6 Å². The minimum atomic E-state index is -5.39. The van der Waals surface area contributed by atoms with Gasteiger partial charge >= 0.3 is 5.69 Å². The first-order valence-electron chi connectivity index (χ1n) is 9.42. The van der Waals surface area contributed by atoms with E-state index >= 15 is 0 Å². The number of aliphatic hydroxyl groups is 4. The molecule has 208 valence electrons. The number of phosphoric acid groups is 2. The second-order valence-electron chi connectivity index (χ2n) is 7.80. The predicted octanol–water partition coefficient (Wildman–Crippen LogP) is -8.66. The van der Waals surface area contributed by atoms with Gasteiger partial charge < -0.3 is 73.9 Å². The monoisotopic (exact) mass is 551 g/mol. The molecule has 0 amide bonds. The third-order valence-electron chi connectivity index (χ3n) is 3.68. The minimum absolute atomic E-state index is 0.0286. The van der Waals surface area contributed by atoms with Gasteiger partial charge in [0.05, 0.1) is 40.9 Å². The van der Waals surface area contributed by atoms with Crippen LogP contribution in [0.5, 0.6) is 0 Å². The van der Waals surface area contributed by atoms with Crippen molar-refractivity contribution in [3.05, 3.63) is 22.7 Å². The van der Waals surface area contributed by atoms with E-state index in [1.165, 1.54) is 16.8 Å². The molecule has 6 N–H and O–H groups in total. The maximum Gasteiger partial charge on any atom is 0.349 e. The van der Waals surface area contributed by atoms with E-state index in [1.54, 1.807) is 0 Å². The molecule has 0 aromatic carbocycles. The van der Waals surface area contributed by atoms with Crippen LogP contribution in [-0.4, -0.2) is 99.8 Å². The quantitative estimate of drug-likeness (QED) is 0.167. The van der Waals surface area contributed by atoms with Crippen molar-refractivity contribution in [3.63, 3.8) is 0 Å². The topological polar surface area (TPSA) is 324 Å². The number of rotatable bonds is 5. The van der Waals surface area contributed by atoms with Gasteiger partial charge in [0, 0.05) is 6.20 Å². The molecule has 1 aromatic heterocycles. The van der Waals surface area contributed by atoms with Crippen LogP contribution in [0.25, 0.3) is 0 Å². The molecule has 1 aromatic rings. The van der Waals surface area contributed by atoms with Crippen LogP contribution in [0, 0.1) is 0 Å². The summed E-state index contributed by atoms with van der Waals surface area (Å²) >= 11 is 0. The Hall–Kier alpha value is -1.34. The Balaban J connectivity index is 0. The summed E-state index contributed by atoms with van der Waals surface area (Å²) in [7, 11) is -4.62. The zero-order chi connectivity index (χ0) is 28.2. The molecule has 18 nitrogen and oxygen atoms in total. The number of nitrogens with zero attached hydrogens (tertiary/aromatic N) is 3. The summed E-state index contributed by atoms with van der Waals surface area (Å²) in [6, 6.07) is 1.45. The molecule has 1 aliphatic rings. The van der Waals surface area contributed by atoms with E-state index in [1.807, 2.05) is 0 Å². The Morgan fingerprint density at radius 1 is 1.03 bits per heavy atom. The van der Waals surface area contributed by atoms with Crippen LogP contribution in [0.4, 0.5) is 5.82 Å². The average molecular weight is 551 g/mol. The van der Waals surface area contributed by atoms with Crippen molar-refractivity contribution in [2.24, 2.45) is 0 Å². The summed E-state index contributed by atoms with van der Waals surface area (Å²) in [6.45, 7) is 0.744. The van der Waals surface area contributed by atoms with Gasteiger partial charge in [-0.25, -0.2) is 4.79 Å². The lowest BCUT2D eigenvalue weighted by Crippen LogP contribution is -2.37. The summed E-state index contributed by atoms with van der Waals surface area (Å²) in [5.41, 5.74) is 4.79. The van der Waals surface area contributed by atoms with Crippen LogP contribution in [0.2, 0.25) is 0 Å². The van der Waals surface area contributed by atoms with E-state index in [2.05, 4.69) is 26.1 Å². The van der Waals surface area contributed by atoms with Crippen LogP contribution in [-0.2, 0) is 20.4 Å². The average Bonchev–Trinajstić information content (AvgIpc) is 2.88. The van der Waals surface area contributed by atoms with Gasteiger partial charge in [0.2, 0.25) is 0 Å². The fourth-order valence-corrected chi connectivity index (χ4v) is 2.20. The third-order valence-corrected chi connectivity index (χ3v) is 3.68. The van der Waals surface area contributed by atoms with Gasteiger partial charge in [-0.05, 0) is 6.07 Å². The van der Waals surface area contributed by atoms with Crippen molar-refractivity contribution < 1.29 is 68.1 Å². The Morgan fingerprint density at radius 2 is 1.46 bits per heavy atom. The lowest BCUT2D eigenvalue weighted by atomic mass is 10.1. The minimum Gasteiger partial charge on any atom is -0.822 e. The van der Waals surface area contributed by atoms with E-state index in [4.69, 9.17) is 59.2 Å². The standard InChI is InChI=1S/C10H15N3O5.C5H14NO.2H3O4P/c11-7-1-2-13(10(17)12-7)3-5-8(15)9(16)6(4-14)18-5;1-6(2,3)4-5-7;2*1-5(2,3)4/h1-2,5-6,8-9,14-16H,3-4H2,(H2,11,12,17);7H,4-5H2,1-3H3;2*(H3,1,2,3,4)/q;+1;;/p-6/t5-,6+,8-,9+;;;/m0.../s1. The Kier molecular flexibility index (Phi) is 16.1. The Morgan fingerprint density at radius 3 is 1.74 bits per heavy atom. The van der Waals surface area contributed by atoms with E-state index in [9.17, 15) is 15.0 Å². The largest absolute Gasteiger partial charge is 0.822 e. The molecule has 1 saturated heterocycles. The van der Waals surface area contributed by atoms with E-state index in [0.717, 1.165) is 11.0 Å². The zero-order valence-electron chi connectivity index (χ0n) is 19.0. The summed E-state index contributed by atoms with van der Waals surface area (Å²) in [5, 5.41) is 36.6. The first-order valence-corrected chi connectivity index (χ1v) is 12.3. The van der Waals surface area contributed by atoms with Crippen LogP contribution in [0.1, 0.15) is 0 Å². The maximum absolute atomic E-state index is 11.5. The zero-order valence-corrected chi connectivity index (χ0v) is 20.8. The van der Waals surface area contributed by atoms with Crippen LogP contribution in [0.3, 0.4) is 0 Å². The molecule has 1 aliphatic heterocycles. The van der Waals surface area contributed by atoms with Crippen LogP contribution < -0.4 is 40.8 Å². The van der Waals surface area contributed by atoms with Crippen molar-refractivity contribution in [1.29, 1.82) is 0 Å². The summed E-state index contributed by atoms with van der Waals surface area (Å²) < 4.78 is 24.4. The lowest BCUT2D eigenvalue weighted by Gasteiger charge is -2.36. The van der Waals surface area contributed by atoms with Crippen LogP contribution >= 0.6 is 15.6 Å². The highest BCUT2D eigenvalue weighted by Crippen LogP contribution is 2.21. The molecule has 1 fully saturated rings. The van der Waals surface area contributed by atoms with Crippen molar-refractivity contribution in [2.75, 3.05) is 46.6 Å². The number of nitrogen functional groups attached to an aromatic ring is 1. The molecule has 2 rings (SSSR count). The highest BCUT2D eigenvalue weighted by molar-refractivity contribution is 7.40. The van der Waals surface area contributed by atoms with Crippen LogP contribution in [0.15, 0.2) is 17.1 Å². The van der Waals surface area contributed by atoms with Crippen molar-refractivity contribution >= 4 is 21.5 Å². The molecule has 0 bridgehead atoms. The van der Waals surface area contributed by atoms with Gasteiger partial charge in [-0.1, -0.05) is 0 Å². The molecule has 0 aliphatic carbocycles. The summed E-state index contributed by atoms with van der Waals surface area (Å²) in [4.78, 5) is 66.3.